The molecular weight excluding hydrogens is 243 g/mol. The molecule has 1 rings (SSSR count). The third kappa shape index (κ3) is 3.84. The highest BCUT2D eigenvalue weighted by atomic mass is 35.5. The van der Waals surface area contributed by atoms with E-state index in [1.807, 2.05) is 0 Å². The lowest BCUT2D eigenvalue weighted by molar-refractivity contribution is -0.119. The van der Waals surface area contributed by atoms with Gasteiger partial charge in [0.05, 0.1) is 24.0 Å². The van der Waals surface area contributed by atoms with Crippen LogP contribution in [0.15, 0.2) is 12.4 Å². The van der Waals surface area contributed by atoms with Gasteiger partial charge in [0, 0.05) is 6.54 Å². The van der Waals surface area contributed by atoms with E-state index < -0.39 is 12.7 Å². The number of anilines is 1. The van der Waals surface area contributed by atoms with Crippen molar-refractivity contribution in [3.05, 3.63) is 18.1 Å². The fraction of sp³-hybridized carbons (Fsp3) is 0.556. The Hall–Kier alpha value is -1.04. The number of aromatic nitrogens is 2. The van der Waals surface area contributed by atoms with Crippen molar-refractivity contribution in [2.45, 2.75) is 19.0 Å². The summed E-state index contributed by atoms with van der Waals surface area (Å²) in [6.07, 6.45) is -1.57. The van der Waals surface area contributed by atoms with Crippen LogP contribution in [0.1, 0.15) is 12.6 Å². The zero-order valence-electron chi connectivity index (χ0n) is 8.63. The van der Waals surface area contributed by atoms with Gasteiger partial charge in [-0.2, -0.15) is 13.2 Å². The predicted octanol–water partition coefficient (Wildman–Crippen LogP) is 2.60. The van der Waals surface area contributed by atoms with Crippen molar-refractivity contribution in [1.82, 2.24) is 9.97 Å². The molecule has 1 aromatic rings. The summed E-state index contributed by atoms with van der Waals surface area (Å²) < 4.78 is 36.6. The molecule has 0 aromatic carbocycles. The minimum absolute atomic E-state index is 0.193. The summed E-state index contributed by atoms with van der Waals surface area (Å²) >= 11 is 5.50. The fourth-order valence-electron chi connectivity index (χ4n) is 1.15. The molecule has 0 aliphatic rings. The van der Waals surface area contributed by atoms with Crippen molar-refractivity contribution >= 4 is 17.4 Å². The SMILES string of the molecule is CCN(CC(F)(F)F)c1cnc(CCl)cn1. The highest BCUT2D eigenvalue weighted by Crippen LogP contribution is 2.19. The van der Waals surface area contributed by atoms with Crippen LogP contribution in [0.3, 0.4) is 0 Å². The molecule has 7 heteroatoms. The fourth-order valence-corrected chi connectivity index (χ4v) is 1.29. The second-order valence-electron chi connectivity index (χ2n) is 3.13. The first kappa shape index (κ1) is 13.0. The average Bonchev–Trinajstić information content (AvgIpc) is 2.25. The van der Waals surface area contributed by atoms with Crippen LogP contribution in [0.2, 0.25) is 0 Å². The Labute approximate surface area is 96.3 Å². The maximum absolute atomic E-state index is 12.2. The van der Waals surface area contributed by atoms with Crippen LogP contribution in [-0.2, 0) is 5.88 Å². The minimum atomic E-state index is -4.25. The molecule has 90 valence electrons. The Kier molecular flexibility index (Phi) is 4.35. The average molecular weight is 254 g/mol. The molecule has 1 aromatic heterocycles. The van der Waals surface area contributed by atoms with Gasteiger partial charge in [0.1, 0.15) is 12.4 Å². The van der Waals surface area contributed by atoms with Crippen molar-refractivity contribution in [3.8, 4) is 0 Å². The van der Waals surface area contributed by atoms with E-state index in [2.05, 4.69) is 9.97 Å². The molecule has 0 unspecified atom stereocenters. The van der Waals surface area contributed by atoms with Crippen LogP contribution in [0, 0.1) is 0 Å². The predicted molar refractivity (Wildman–Crippen MR) is 55.5 cm³/mol. The van der Waals surface area contributed by atoms with Gasteiger partial charge < -0.3 is 4.90 Å². The van der Waals surface area contributed by atoms with E-state index in [1.165, 1.54) is 12.4 Å². The van der Waals surface area contributed by atoms with Crippen molar-refractivity contribution in [2.24, 2.45) is 0 Å². The molecule has 0 aliphatic heterocycles. The summed E-state index contributed by atoms with van der Waals surface area (Å²) in [7, 11) is 0. The lowest BCUT2D eigenvalue weighted by Gasteiger charge is -2.22. The summed E-state index contributed by atoms with van der Waals surface area (Å²) in [5.74, 6) is 0.396. The summed E-state index contributed by atoms with van der Waals surface area (Å²) in [5, 5.41) is 0. The quantitative estimate of drug-likeness (QED) is 0.773. The Balaban J connectivity index is 2.79. The van der Waals surface area contributed by atoms with Gasteiger partial charge in [-0.1, -0.05) is 0 Å². The molecule has 16 heavy (non-hydrogen) atoms. The number of hydrogen-bond donors (Lipinski definition) is 0. The zero-order valence-corrected chi connectivity index (χ0v) is 9.39. The first-order valence-electron chi connectivity index (χ1n) is 4.65. The number of rotatable bonds is 4. The Morgan fingerprint density at radius 3 is 2.38 bits per heavy atom. The summed E-state index contributed by atoms with van der Waals surface area (Å²) in [6.45, 7) is 0.815. The van der Waals surface area contributed by atoms with Crippen LogP contribution in [0.4, 0.5) is 19.0 Å². The topological polar surface area (TPSA) is 29.0 Å². The molecule has 3 nitrogen and oxygen atoms in total. The number of hydrogen-bond acceptors (Lipinski definition) is 3. The van der Waals surface area contributed by atoms with E-state index in [1.54, 1.807) is 6.92 Å². The van der Waals surface area contributed by atoms with Crippen molar-refractivity contribution in [2.75, 3.05) is 18.0 Å². The monoisotopic (exact) mass is 253 g/mol. The minimum Gasteiger partial charge on any atom is -0.347 e. The smallest absolute Gasteiger partial charge is 0.347 e. The van der Waals surface area contributed by atoms with Crippen LogP contribution < -0.4 is 4.90 Å². The number of halogens is 4. The van der Waals surface area contributed by atoms with E-state index in [4.69, 9.17) is 11.6 Å². The molecule has 0 spiro atoms. The van der Waals surface area contributed by atoms with Crippen molar-refractivity contribution in [1.29, 1.82) is 0 Å². The number of alkyl halides is 4. The highest BCUT2D eigenvalue weighted by molar-refractivity contribution is 6.16. The highest BCUT2D eigenvalue weighted by Gasteiger charge is 2.30. The second kappa shape index (κ2) is 5.34. The standard InChI is InChI=1S/C9H11ClF3N3/c1-2-16(6-9(11,12)13)8-5-14-7(3-10)4-15-8/h4-5H,2-3,6H2,1H3. The molecule has 0 amide bonds. The molecule has 0 N–H and O–H groups in total. The van der Waals surface area contributed by atoms with Gasteiger partial charge in [0.15, 0.2) is 0 Å². The molecule has 0 radical (unpaired) electrons. The molecule has 0 bridgehead atoms. The first-order chi connectivity index (χ1) is 7.46. The van der Waals surface area contributed by atoms with Crippen molar-refractivity contribution < 1.29 is 13.2 Å². The lowest BCUT2D eigenvalue weighted by atomic mass is 10.4. The molecule has 0 saturated carbocycles. The van der Waals surface area contributed by atoms with E-state index in [0.717, 1.165) is 4.90 Å². The molecule has 0 aliphatic carbocycles. The van der Waals surface area contributed by atoms with Gasteiger partial charge in [0.25, 0.3) is 0 Å². The van der Waals surface area contributed by atoms with Crippen LogP contribution in [-0.4, -0.2) is 29.2 Å². The third-order valence-corrected chi connectivity index (χ3v) is 2.18. The van der Waals surface area contributed by atoms with Crippen LogP contribution >= 0.6 is 11.6 Å². The van der Waals surface area contributed by atoms with Gasteiger partial charge in [-0.15, -0.1) is 11.6 Å². The van der Waals surface area contributed by atoms with Gasteiger partial charge in [-0.25, -0.2) is 4.98 Å². The maximum Gasteiger partial charge on any atom is 0.405 e. The lowest BCUT2D eigenvalue weighted by Crippen LogP contribution is -2.34. The van der Waals surface area contributed by atoms with E-state index in [9.17, 15) is 13.2 Å². The van der Waals surface area contributed by atoms with Gasteiger partial charge >= 0.3 is 6.18 Å². The number of nitrogens with zero attached hydrogens (tertiary/aromatic N) is 3. The first-order valence-corrected chi connectivity index (χ1v) is 5.18. The summed E-state index contributed by atoms with van der Waals surface area (Å²) in [4.78, 5) is 8.88. The van der Waals surface area contributed by atoms with Crippen molar-refractivity contribution in [3.63, 3.8) is 0 Å². The van der Waals surface area contributed by atoms with Gasteiger partial charge in [-0.05, 0) is 6.92 Å². The second-order valence-corrected chi connectivity index (χ2v) is 3.40. The van der Waals surface area contributed by atoms with E-state index in [-0.39, 0.29) is 18.2 Å². The largest absolute Gasteiger partial charge is 0.405 e. The normalized spacial score (nSPS) is 11.6. The Bertz CT molecular complexity index is 326. The summed E-state index contributed by atoms with van der Waals surface area (Å²) in [5.41, 5.74) is 0.536. The summed E-state index contributed by atoms with van der Waals surface area (Å²) in [6, 6.07) is 0. The van der Waals surface area contributed by atoms with Gasteiger partial charge in [-0.3, -0.25) is 4.98 Å². The molecule has 0 saturated heterocycles. The molecule has 1 heterocycles. The maximum atomic E-state index is 12.2. The Morgan fingerprint density at radius 1 is 1.31 bits per heavy atom. The Morgan fingerprint density at radius 2 is 2.00 bits per heavy atom. The molecular formula is C9H11ClF3N3. The molecule has 0 fully saturated rings. The van der Waals surface area contributed by atoms with Crippen LogP contribution in [0.5, 0.6) is 0 Å². The molecule has 0 atom stereocenters. The third-order valence-electron chi connectivity index (χ3n) is 1.90. The van der Waals surface area contributed by atoms with E-state index >= 15 is 0 Å². The zero-order chi connectivity index (χ0) is 12.2. The van der Waals surface area contributed by atoms with Gasteiger partial charge in [0.2, 0.25) is 0 Å². The van der Waals surface area contributed by atoms with E-state index in [0.29, 0.717) is 5.69 Å². The van der Waals surface area contributed by atoms with Crippen LogP contribution in [0.25, 0.3) is 0 Å².